The number of anilines is 1. The molecule has 7 nitrogen and oxygen atoms in total. The maximum atomic E-state index is 12.2. The van der Waals surface area contributed by atoms with Crippen molar-refractivity contribution < 1.29 is 13.2 Å². The van der Waals surface area contributed by atoms with E-state index in [1.54, 1.807) is 0 Å². The molecule has 8 heteroatoms. The Kier molecular flexibility index (Phi) is 4.11. The Balaban J connectivity index is 1.82. The number of amides is 1. The van der Waals surface area contributed by atoms with E-state index in [0.717, 1.165) is 16.6 Å². The molecular weight excluding hydrogens is 316 g/mol. The Morgan fingerprint density at radius 3 is 2.83 bits per heavy atom. The van der Waals surface area contributed by atoms with Gasteiger partial charge in [0.15, 0.2) is 0 Å². The van der Waals surface area contributed by atoms with Gasteiger partial charge in [0.1, 0.15) is 0 Å². The third kappa shape index (κ3) is 3.09. The molecule has 1 N–H and O–H groups in total. The van der Waals surface area contributed by atoms with Crippen molar-refractivity contribution in [2.75, 3.05) is 24.2 Å². The molecule has 0 radical (unpaired) electrons. The van der Waals surface area contributed by atoms with Crippen LogP contribution in [0, 0.1) is 6.92 Å². The van der Waals surface area contributed by atoms with Crippen LogP contribution < -0.4 is 5.32 Å². The monoisotopic (exact) mass is 336 g/mol. The molecule has 2 heterocycles. The number of hydrogen-bond acceptors (Lipinski definition) is 4. The zero-order valence-corrected chi connectivity index (χ0v) is 14.1. The van der Waals surface area contributed by atoms with Crippen LogP contribution in [-0.2, 0) is 21.4 Å². The molecule has 1 aromatic carbocycles. The fourth-order valence-corrected chi connectivity index (χ4v) is 4.32. The van der Waals surface area contributed by atoms with Gasteiger partial charge in [-0.15, -0.1) is 0 Å². The number of nitrogens with one attached hydrogen (secondary N) is 1. The molecule has 1 fully saturated rings. The molecule has 0 saturated carbocycles. The lowest BCUT2D eigenvalue weighted by Gasteiger charge is -2.14. The first-order valence-electron chi connectivity index (χ1n) is 7.65. The number of hydrogen-bond donors (Lipinski definition) is 1. The molecule has 0 spiro atoms. The van der Waals surface area contributed by atoms with Crippen molar-refractivity contribution in [2.24, 2.45) is 0 Å². The first-order valence-corrected chi connectivity index (χ1v) is 9.26. The number of rotatable bonds is 4. The average molecular weight is 336 g/mol. The van der Waals surface area contributed by atoms with Gasteiger partial charge in [-0.2, -0.15) is 4.31 Å². The van der Waals surface area contributed by atoms with Gasteiger partial charge in [0, 0.05) is 13.1 Å². The summed E-state index contributed by atoms with van der Waals surface area (Å²) in [5, 5.41) is 2.74. The van der Waals surface area contributed by atoms with Crippen LogP contribution in [0.3, 0.4) is 0 Å². The molecule has 0 bridgehead atoms. The molecule has 3 rings (SSSR count). The molecule has 23 heavy (non-hydrogen) atoms. The second-order valence-electron chi connectivity index (χ2n) is 5.72. The van der Waals surface area contributed by atoms with Crippen molar-refractivity contribution in [3.8, 4) is 0 Å². The van der Waals surface area contributed by atoms with Gasteiger partial charge < -0.3 is 4.57 Å². The number of aromatic nitrogens is 2. The minimum absolute atomic E-state index is 0.118. The van der Waals surface area contributed by atoms with E-state index in [9.17, 15) is 13.2 Å². The number of carbonyl (C=O) groups excluding carboxylic acids is 1. The molecular formula is C15H20N4O3S. The summed E-state index contributed by atoms with van der Waals surface area (Å²) in [5.74, 6) is 0.208. The van der Waals surface area contributed by atoms with Gasteiger partial charge in [-0.05, 0) is 38.0 Å². The highest BCUT2D eigenvalue weighted by Crippen LogP contribution is 2.21. The van der Waals surface area contributed by atoms with Crippen LogP contribution in [0.4, 0.5) is 5.95 Å². The molecule has 0 unspecified atom stereocenters. The third-order valence-corrected chi connectivity index (χ3v) is 5.90. The fourth-order valence-electron chi connectivity index (χ4n) is 2.85. The second-order valence-corrected chi connectivity index (χ2v) is 7.81. The van der Waals surface area contributed by atoms with Gasteiger partial charge in [-0.3, -0.25) is 10.1 Å². The molecule has 124 valence electrons. The van der Waals surface area contributed by atoms with E-state index in [-0.39, 0.29) is 18.2 Å². The molecule has 0 atom stereocenters. The molecule has 2 aromatic rings. The molecule has 1 saturated heterocycles. The Hall–Kier alpha value is -1.93. The van der Waals surface area contributed by atoms with Crippen LogP contribution in [0.1, 0.15) is 18.9 Å². The number of fused-ring (bicyclic) bond motifs is 1. The van der Waals surface area contributed by atoms with Crippen molar-refractivity contribution in [3.05, 3.63) is 23.8 Å². The Labute approximate surface area is 135 Å². The van der Waals surface area contributed by atoms with Crippen molar-refractivity contribution in [2.45, 2.75) is 26.8 Å². The van der Waals surface area contributed by atoms with Crippen LogP contribution in [0.25, 0.3) is 11.0 Å². The topological polar surface area (TPSA) is 84.3 Å². The van der Waals surface area contributed by atoms with Crippen molar-refractivity contribution >= 4 is 32.9 Å². The largest absolute Gasteiger partial charge is 0.310 e. The van der Waals surface area contributed by atoms with E-state index in [1.165, 1.54) is 4.31 Å². The Morgan fingerprint density at radius 1 is 1.39 bits per heavy atom. The number of carbonyl (C=O) groups is 1. The predicted octanol–water partition coefficient (Wildman–Crippen LogP) is 1.34. The van der Waals surface area contributed by atoms with Gasteiger partial charge in [0.2, 0.25) is 21.9 Å². The number of aryl methyl sites for hydroxylation is 2. The van der Waals surface area contributed by atoms with E-state index in [2.05, 4.69) is 10.3 Å². The van der Waals surface area contributed by atoms with E-state index in [4.69, 9.17) is 0 Å². The first kappa shape index (κ1) is 15.9. The quantitative estimate of drug-likeness (QED) is 0.913. The van der Waals surface area contributed by atoms with E-state index >= 15 is 0 Å². The fraction of sp³-hybridized carbons (Fsp3) is 0.467. The van der Waals surface area contributed by atoms with Crippen molar-refractivity contribution in [1.82, 2.24) is 13.9 Å². The van der Waals surface area contributed by atoms with E-state index in [0.29, 0.717) is 25.5 Å². The first-order chi connectivity index (χ1) is 10.9. The summed E-state index contributed by atoms with van der Waals surface area (Å²) in [6, 6.07) is 5.93. The average Bonchev–Trinajstić information content (AvgIpc) is 2.98. The van der Waals surface area contributed by atoms with Crippen molar-refractivity contribution in [1.29, 1.82) is 0 Å². The van der Waals surface area contributed by atoms with Gasteiger partial charge in [0.05, 0.1) is 23.3 Å². The number of imidazole rings is 1. The minimum atomic E-state index is -3.28. The summed E-state index contributed by atoms with van der Waals surface area (Å²) < 4.78 is 26.7. The van der Waals surface area contributed by atoms with Crippen LogP contribution in [0.15, 0.2) is 18.2 Å². The van der Waals surface area contributed by atoms with Crippen LogP contribution in [0.2, 0.25) is 0 Å². The van der Waals surface area contributed by atoms with Gasteiger partial charge in [0.25, 0.3) is 0 Å². The highest BCUT2D eigenvalue weighted by Gasteiger charge is 2.30. The zero-order chi connectivity index (χ0) is 16.6. The highest BCUT2D eigenvalue weighted by atomic mass is 32.2. The third-order valence-electron chi connectivity index (χ3n) is 3.99. The summed E-state index contributed by atoms with van der Waals surface area (Å²) in [5.41, 5.74) is 2.86. The molecule has 1 aliphatic heterocycles. The van der Waals surface area contributed by atoms with E-state index in [1.807, 2.05) is 36.6 Å². The lowest BCUT2D eigenvalue weighted by Crippen LogP contribution is -2.35. The van der Waals surface area contributed by atoms with Gasteiger partial charge >= 0.3 is 0 Å². The molecule has 0 aliphatic carbocycles. The summed E-state index contributed by atoms with van der Waals surface area (Å²) in [6.45, 7) is 4.87. The second kappa shape index (κ2) is 5.93. The van der Waals surface area contributed by atoms with Crippen LogP contribution >= 0.6 is 0 Å². The van der Waals surface area contributed by atoms with Gasteiger partial charge in [-0.25, -0.2) is 13.4 Å². The summed E-state index contributed by atoms with van der Waals surface area (Å²) in [4.78, 5) is 16.7. The minimum Gasteiger partial charge on any atom is -0.310 e. The zero-order valence-electron chi connectivity index (χ0n) is 13.2. The maximum Gasteiger partial charge on any atom is 0.242 e. The predicted molar refractivity (Wildman–Crippen MR) is 88.8 cm³/mol. The molecule has 1 aromatic heterocycles. The summed E-state index contributed by atoms with van der Waals surface area (Å²) in [6.07, 6.45) is 0.572. The molecule has 1 aliphatic rings. The highest BCUT2D eigenvalue weighted by molar-refractivity contribution is 7.89. The number of benzene rings is 1. The Bertz CT molecular complexity index is 857. The van der Waals surface area contributed by atoms with Crippen molar-refractivity contribution in [3.63, 3.8) is 0 Å². The smallest absolute Gasteiger partial charge is 0.242 e. The lowest BCUT2D eigenvalue weighted by molar-refractivity contribution is -0.116. The lowest BCUT2D eigenvalue weighted by atomic mass is 10.2. The van der Waals surface area contributed by atoms with E-state index < -0.39 is 10.0 Å². The van der Waals surface area contributed by atoms with Crippen LogP contribution in [-0.4, -0.2) is 47.0 Å². The van der Waals surface area contributed by atoms with Gasteiger partial charge in [-0.1, -0.05) is 6.07 Å². The standard InChI is InChI=1S/C15H20N4O3S/c1-3-19-13-6-5-11(2)9-12(13)16-15(19)17-14(20)10-18-7-4-8-23(18,21)22/h5-6,9H,3-4,7-8,10H2,1-2H3,(H,16,17,20). The Morgan fingerprint density at radius 2 is 2.17 bits per heavy atom. The summed E-state index contributed by atoms with van der Waals surface area (Å²) in [7, 11) is -3.28. The SMILES string of the molecule is CCn1c(NC(=O)CN2CCCS2(=O)=O)nc2cc(C)ccc21. The molecule has 1 amide bonds. The number of sulfonamides is 1. The number of nitrogens with zero attached hydrogens (tertiary/aromatic N) is 3. The van der Waals surface area contributed by atoms with Crippen LogP contribution in [0.5, 0.6) is 0 Å². The summed E-state index contributed by atoms with van der Waals surface area (Å²) >= 11 is 0. The normalized spacial score (nSPS) is 17.7. The maximum absolute atomic E-state index is 12.2.